The van der Waals surface area contributed by atoms with Crippen LogP contribution >= 0.6 is 0 Å². The van der Waals surface area contributed by atoms with E-state index < -0.39 is 15.9 Å². The highest BCUT2D eigenvalue weighted by Crippen LogP contribution is 2.33. The number of piperidine rings is 1. The van der Waals surface area contributed by atoms with Crippen molar-refractivity contribution < 1.29 is 22.7 Å². The van der Waals surface area contributed by atoms with Crippen molar-refractivity contribution in [2.45, 2.75) is 38.0 Å². The zero-order valence-electron chi connectivity index (χ0n) is 18.2. The van der Waals surface area contributed by atoms with E-state index in [2.05, 4.69) is 10.6 Å². The number of ether oxygens (including phenoxy) is 1. The highest BCUT2D eigenvalue weighted by atomic mass is 32.2. The highest BCUT2D eigenvalue weighted by molar-refractivity contribution is 7.89. The molecule has 0 saturated carbocycles. The highest BCUT2D eigenvalue weighted by Gasteiger charge is 2.34. The molecule has 2 aliphatic heterocycles. The molecule has 8 nitrogen and oxygen atoms in total. The average molecular weight is 458 g/mol. The van der Waals surface area contributed by atoms with E-state index in [4.69, 9.17) is 4.74 Å². The molecule has 1 fully saturated rings. The number of nitrogens with one attached hydrogen (secondary N) is 2. The maximum Gasteiger partial charge on any atom is 0.262 e. The number of hydrogen-bond acceptors (Lipinski definition) is 5. The Balaban J connectivity index is 1.52. The minimum Gasteiger partial charge on any atom is -0.482 e. The van der Waals surface area contributed by atoms with Crippen molar-refractivity contribution in [1.82, 2.24) is 4.31 Å². The second-order valence-corrected chi connectivity index (χ2v) is 10.1. The Bertz CT molecular complexity index is 1160. The predicted molar refractivity (Wildman–Crippen MR) is 121 cm³/mol. The van der Waals surface area contributed by atoms with Gasteiger partial charge in [-0.2, -0.15) is 4.31 Å². The Labute approximate surface area is 188 Å². The van der Waals surface area contributed by atoms with Crippen LogP contribution in [0.4, 0.5) is 11.4 Å². The van der Waals surface area contributed by atoms with Crippen LogP contribution in [-0.2, 0) is 26.0 Å². The molecule has 2 amide bonds. The molecule has 9 heteroatoms. The summed E-state index contributed by atoms with van der Waals surface area (Å²) in [5.41, 5.74) is 3.18. The van der Waals surface area contributed by atoms with Crippen molar-refractivity contribution in [1.29, 1.82) is 0 Å². The monoisotopic (exact) mass is 457 g/mol. The first-order chi connectivity index (χ1) is 15.3. The lowest BCUT2D eigenvalue weighted by atomic mass is 9.98. The number of rotatable bonds is 5. The molecule has 0 aliphatic carbocycles. The van der Waals surface area contributed by atoms with Gasteiger partial charge in [0.25, 0.3) is 5.91 Å². The summed E-state index contributed by atoms with van der Waals surface area (Å²) in [6.07, 6.45) is 2.01. The Morgan fingerprint density at radius 2 is 2.09 bits per heavy atom. The molecule has 0 bridgehead atoms. The van der Waals surface area contributed by atoms with E-state index in [1.165, 1.54) is 16.4 Å². The van der Waals surface area contributed by atoms with Crippen molar-refractivity contribution >= 4 is 33.2 Å². The van der Waals surface area contributed by atoms with Gasteiger partial charge in [0.15, 0.2) is 6.61 Å². The lowest BCUT2D eigenvalue weighted by Gasteiger charge is -2.31. The van der Waals surface area contributed by atoms with Gasteiger partial charge in [0.1, 0.15) is 5.75 Å². The number of hydrogen-bond donors (Lipinski definition) is 2. The van der Waals surface area contributed by atoms with E-state index in [-0.39, 0.29) is 29.9 Å². The third-order valence-electron chi connectivity index (χ3n) is 5.96. The summed E-state index contributed by atoms with van der Waals surface area (Å²) < 4.78 is 33.2. The van der Waals surface area contributed by atoms with Crippen molar-refractivity contribution in [3.63, 3.8) is 0 Å². The summed E-state index contributed by atoms with van der Waals surface area (Å²) in [5, 5.41) is 5.67. The summed E-state index contributed by atoms with van der Waals surface area (Å²) in [6, 6.07) is 10.3. The number of fused-ring (bicyclic) bond motifs is 1. The van der Waals surface area contributed by atoms with Crippen LogP contribution in [0, 0.1) is 12.8 Å². The molecule has 32 heavy (non-hydrogen) atoms. The predicted octanol–water partition coefficient (Wildman–Crippen LogP) is 2.93. The van der Waals surface area contributed by atoms with Gasteiger partial charge in [-0.05, 0) is 55.5 Å². The number of nitrogens with zero attached hydrogens (tertiary/aromatic N) is 1. The molecule has 2 heterocycles. The van der Waals surface area contributed by atoms with Crippen LogP contribution in [0.5, 0.6) is 5.75 Å². The standard InChI is InChI=1S/C23H27N3O5S/c1-3-16-7-4-6-15(2)22(16)25-23(28)17-8-5-11-26(13-17)32(29,30)18-9-10-20-19(12-18)24-21(27)14-31-20/h4,6-7,9-10,12,17H,3,5,8,11,13-14H2,1-2H3,(H,24,27)(H,25,28)/t17-/m1/s1. The van der Waals surface area contributed by atoms with Gasteiger partial charge in [0.2, 0.25) is 15.9 Å². The topological polar surface area (TPSA) is 105 Å². The normalized spacial score (nSPS) is 18.9. The number of carbonyl (C=O) groups is 2. The minimum absolute atomic E-state index is 0.0651. The molecule has 0 radical (unpaired) electrons. The third-order valence-corrected chi connectivity index (χ3v) is 7.83. The third kappa shape index (κ3) is 4.35. The summed E-state index contributed by atoms with van der Waals surface area (Å²) >= 11 is 0. The van der Waals surface area contributed by atoms with Crippen LogP contribution in [0.25, 0.3) is 0 Å². The van der Waals surface area contributed by atoms with E-state index in [1.807, 2.05) is 32.0 Å². The molecule has 2 aromatic rings. The van der Waals surface area contributed by atoms with Gasteiger partial charge in [-0.3, -0.25) is 9.59 Å². The second kappa shape index (κ2) is 8.91. The van der Waals surface area contributed by atoms with Crippen molar-refractivity contribution in [3.05, 3.63) is 47.5 Å². The van der Waals surface area contributed by atoms with Gasteiger partial charge in [0.05, 0.1) is 16.5 Å². The molecule has 2 aromatic carbocycles. The molecule has 1 atom stereocenters. The molecular weight excluding hydrogens is 430 g/mol. The zero-order chi connectivity index (χ0) is 22.9. The first-order valence-corrected chi connectivity index (χ1v) is 12.2. The van der Waals surface area contributed by atoms with Crippen LogP contribution in [0.15, 0.2) is 41.3 Å². The van der Waals surface area contributed by atoms with Crippen molar-refractivity contribution in [2.24, 2.45) is 5.92 Å². The van der Waals surface area contributed by atoms with Crippen LogP contribution < -0.4 is 15.4 Å². The van der Waals surface area contributed by atoms with Gasteiger partial charge in [-0.1, -0.05) is 25.1 Å². The maximum absolute atomic E-state index is 13.3. The fourth-order valence-electron chi connectivity index (χ4n) is 4.17. The fourth-order valence-corrected chi connectivity index (χ4v) is 5.72. The SMILES string of the molecule is CCc1cccc(C)c1NC(=O)[C@@H]1CCCN(S(=O)(=O)c2ccc3c(c2)NC(=O)CO3)C1. The lowest BCUT2D eigenvalue weighted by molar-refractivity contribution is -0.121. The molecule has 0 aromatic heterocycles. The van der Waals surface area contributed by atoms with Crippen molar-refractivity contribution in [2.75, 3.05) is 30.3 Å². The number of aryl methyl sites for hydroxylation is 2. The Kier molecular flexibility index (Phi) is 6.21. The fraction of sp³-hybridized carbons (Fsp3) is 0.391. The quantitative estimate of drug-likeness (QED) is 0.718. The number of sulfonamides is 1. The summed E-state index contributed by atoms with van der Waals surface area (Å²) in [5.74, 6) is -0.502. The summed E-state index contributed by atoms with van der Waals surface area (Å²) in [7, 11) is -3.83. The van der Waals surface area contributed by atoms with Crippen LogP contribution in [0.1, 0.15) is 30.9 Å². The van der Waals surface area contributed by atoms with Crippen LogP contribution in [-0.4, -0.2) is 44.2 Å². The largest absolute Gasteiger partial charge is 0.482 e. The van der Waals surface area contributed by atoms with Gasteiger partial charge >= 0.3 is 0 Å². The molecule has 170 valence electrons. The van der Waals surface area contributed by atoms with Crippen LogP contribution in [0.2, 0.25) is 0 Å². The molecule has 2 N–H and O–H groups in total. The lowest BCUT2D eigenvalue weighted by Crippen LogP contribution is -2.43. The van der Waals surface area contributed by atoms with E-state index in [9.17, 15) is 18.0 Å². The average Bonchev–Trinajstić information content (AvgIpc) is 2.79. The van der Waals surface area contributed by atoms with E-state index in [0.29, 0.717) is 30.8 Å². The van der Waals surface area contributed by atoms with E-state index in [0.717, 1.165) is 23.2 Å². The Morgan fingerprint density at radius 3 is 2.88 bits per heavy atom. The Hall–Kier alpha value is -2.91. The number of carbonyl (C=O) groups excluding carboxylic acids is 2. The van der Waals surface area contributed by atoms with Gasteiger partial charge in [0, 0.05) is 18.8 Å². The maximum atomic E-state index is 13.3. The number of amides is 2. The molecular formula is C23H27N3O5S. The van der Waals surface area contributed by atoms with Gasteiger partial charge in [-0.15, -0.1) is 0 Å². The van der Waals surface area contributed by atoms with E-state index in [1.54, 1.807) is 6.07 Å². The Morgan fingerprint density at radius 1 is 1.28 bits per heavy atom. The minimum atomic E-state index is -3.83. The molecule has 0 unspecified atom stereocenters. The van der Waals surface area contributed by atoms with Crippen LogP contribution in [0.3, 0.4) is 0 Å². The molecule has 4 rings (SSSR count). The summed E-state index contributed by atoms with van der Waals surface area (Å²) in [6.45, 7) is 4.34. The van der Waals surface area contributed by atoms with Crippen molar-refractivity contribution in [3.8, 4) is 5.75 Å². The van der Waals surface area contributed by atoms with E-state index >= 15 is 0 Å². The molecule has 1 saturated heterocycles. The van der Waals surface area contributed by atoms with Gasteiger partial charge < -0.3 is 15.4 Å². The molecule has 0 spiro atoms. The first kappa shape index (κ1) is 22.3. The molecule has 2 aliphatic rings. The summed E-state index contributed by atoms with van der Waals surface area (Å²) in [4.78, 5) is 24.7. The number of anilines is 2. The van der Waals surface area contributed by atoms with Gasteiger partial charge in [-0.25, -0.2) is 8.42 Å². The number of para-hydroxylation sites is 1. The number of benzene rings is 2. The first-order valence-electron chi connectivity index (χ1n) is 10.8. The smallest absolute Gasteiger partial charge is 0.262 e. The second-order valence-electron chi connectivity index (χ2n) is 8.15. The zero-order valence-corrected chi connectivity index (χ0v) is 19.0.